The largest absolute Gasteiger partial charge is 0.496 e. The molecule has 25 heavy (non-hydrogen) atoms. The lowest BCUT2D eigenvalue weighted by Gasteiger charge is -2.14. The predicted molar refractivity (Wildman–Crippen MR) is 97.3 cm³/mol. The van der Waals surface area contributed by atoms with Crippen molar-refractivity contribution in [3.8, 4) is 28.5 Å². The number of para-hydroxylation sites is 1. The summed E-state index contributed by atoms with van der Waals surface area (Å²) in [5.74, 6) is 2.65. The van der Waals surface area contributed by atoms with Gasteiger partial charge in [-0.1, -0.05) is 18.2 Å². The molecule has 2 N–H and O–H groups in total. The van der Waals surface area contributed by atoms with Crippen molar-refractivity contribution in [3.05, 3.63) is 54.2 Å². The monoisotopic (exact) mass is 339 g/mol. The Bertz CT molecular complexity index is 852. The molecule has 0 aliphatic rings. The molecule has 2 aromatic carbocycles. The van der Waals surface area contributed by atoms with Gasteiger partial charge in [0.05, 0.1) is 39.1 Å². The lowest BCUT2D eigenvalue weighted by Crippen LogP contribution is -2.06. The summed E-state index contributed by atoms with van der Waals surface area (Å²) in [4.78, 5) is 4.48. The van der Waals surface area contributed by atoms with Crippen LogP contribution in [0.2, 0.25) is 0 Å². The Morgan fingerprint density at radius 1 is 0.880 bits per heavy atom. The molecule has 0 fully saturated rings. The first kappa shape index (κ1) is 16.7. The van der Waals surface area contributed by atoms with Crippen molar-refractivity contribution in [2.24, 2.45) is 0 Å². The fourth-order valence-corrected chi connectivity index (χ4v) is 2.80. The predicted octanol–water partition coefficient (Wildman–Crippen LogP) is 3.21. The van der Waals surface area contributed by atoms with Crippen molar-refractivity contribution in [1.29, 1.82) is 0 Å². The molecule has 3 aromatic rings. The van der Waals surface area contributed by atoms with Crippen molar-refractivity contribution >= 4 is 5.95 Å². The summed E-state index contributed by atoms with van der Waals surface area (Å²) in [7, 11) is 4.91. The minimum Gasteiger partial charge on any atom is -0.496 e. The summed E-state index contributed by atoms with van der Waals surface area (Å²) < 4.78 is 18.2. The van der Waals surface area contributed by atoms with E-state index in [1.54, 1.807) is 21.3 Å². The van der Waals surface area contributed by atoms with Crippen LogP contribution < -0.4 is 19.9 Å². The molecule has 0 spiro atoms. The number of nitrogens with two attached hydrogens (primary N) is 1. The number of benzene rings is 2. The molecular weight excluding hydrogens is 318 g/mol. The molecule has 0 bridgehead atoms. The normalized spacial score (nSPS) is 10.5. The summed E-state index contributed by atoms with van der Waals surface area (Å²) >= 11 is 0. The van der Waals surface area contributed by atoms with Crippen LogP contribution in [-0.4, -0.2) is 30.9 Å². The first-order valence-electron chi connectivity index (χ1n) is 7.83. The Labute approximate surface area is 146 Å². The highest BCUT2D eigenvalue weighted by Gasteiger charge is 2.15. The molecule has 6 heteroatoms. The fourth-order valence-electron chi connectivity index (χ4n) is 2.80. The molecule has 6 nitrogen and oxygen atoms in total. The van der Waals surface area contributed by atoms with Crippen LogP contribution in [0.15, 0.2) is 48.7 Å². The number of methoxy groups -OCH3 is 3. The molecule has 1 aromatic heterocycles. The van der Waals surface area contributed by atoms with E-state index in [0.717, 1.165) is 34.1 Å². The first-order chi connectivity index (χ1) is 12.2. The molecule has 0 aliphatic heterocycles. The second-order valence-corrected chi connectivity index (χ2v) is 5.45. The average Bonchev–Trinajstić information content (AvgIpc) is 3.02. The molecule has 0 aliphatic carbocycles. The first-order valence-corrected chi connectivity index (χ1v) is 7.83. The lowest BCUT2D eigenvalue weighted by molar-refractivity contribution is 0.383. The number of aromatic nitrogens is 2. The second kappa shape index (κ2) is 7.17. The number of nitrogens with zero attached hydrogens (tertiary/aromatic N) is 2. The zero-order chi connectivity index (χ0) is 17.8. The smallest absolute Gasteiger partial charge is 0.201 e. The van der Waals surface area contributed by atoms with Gasteiger partial charge in [0.1, 0.15) is 17.2 Å². The summed E-state index contributed by atoms with van der Waals surface area (Å²) in [5, 5.41) is 0. The van der Waals surface area contributed by atoms with Gasteiger partial charge in [0.2, 0.25) is 5.95 Å². The number of hydrogen-bond acceptors (Lipinski definition) is 5. The summed E-state index contributed by atoms with van der Waals surface area (Å²) in [6, 6.07) is 13.4. The highest BCUT2D eigenvalue weighted by atomic mass is 16.5. The van der Waals surface area contributed by atoms with Gasteiger partial charge in [-0.3, -0.25) is 0 Å². The SMILES string of the molecule is COc1ccccc1-c1cn(Cc2c(OC)cccc2OC)c(N)n1. The minimum atomic E-state index is 0.411. The van der Waals surface area contributed by atoms with Crippen molar-refractivity contribution in [1.82, 2.24) is 9.55 Å². The van der Waals surface area contributed by atoms with Crippen LogP contribution in [0.1, 0.15) is 5.56 Å². The minimum absolute atomic E-state index is 0.411. The van der Waals surface area contributed by atoms with Crippen molar-refractivity contribution < 1.29 is 14.2 Å². The van der Waals surface area contributed by atoms with Crippen LogP contribution in [0, 0.1) is 0 Å². The van der Waals surface area contributed by atoms with E-state index in [1.165, 1.54) is 0 Å². The van der Waals surface area contributed by atoms with Gasteiger partial charge < -0.3 is 24.5 Å². The summed E-state index contributed by atoms with van der Waals surface area (Å²) in [6.07, 6.45) is 1.90. The van der Waals surface area contributed by atoms with Crippen LogP contribution in [0.25, 0.3) is 11.3 Å². The second-order valence-electron chi connectivity index (χ2n) is 5.45. The fraction of sp³-hybridized carbons (Fsp3) is 0.211. The van der Waals surface area contributed by atoms with Gasteiger partial charge >= 0.3 is 0 Å². The number of rotatable bonds is 6. The van der Waals surface area contributed by atoms with E-state index >= 15 is 0 Å². The zero-order valence-corrected chi connectivity index (χ0v) is 14.5. The topological polar surface area (TPSA) is 71.5 Å². The number of nitrogen functional groups attached to an aromatic ring is 1. The van der Waals surface area contributed by atoms with Gasteiger partial charge in [-0.2, -0.15) is 0 Å². The van der Waals surface area contributed by atoms with Crippen molar-refractivity contribution in [2.75, 3.05) is 27.1 Å². The van der Waals surface area contributed by atoms with E-state index in [1.807, 2.05) is 53.2 Å². The average molecular weight is 339 g/mol. The molecule has 0 saturated heterocycles. The van der Waals surface area contributed by atoms with Crippen LogP contribution in [0.3, 0.4) is 0 Å². The van der Waals surface area contributed by atoms with E-state index in [4.69, 9.17) is 19.9 Å². The molecule has 130 valence electrons. The number of anilines is 1. The molecule has 0 atom stereocenters. The maximum absolute atomic E-state index is 6.13. The van der Waals surface area contributed by atoms with Crippen LogP contribution in [0.5, 0.6) is 17.2 Å². The Kier molecular flexibility index (Phi) is 4.79. The molecular formula is C19H21N3O3. The van der Waals surface area contributed by atoms with Crippen LogP contribution >= 0.6 is 0 Å². The number of imidazole rings is 1. The zero-order valence-electron chi connectivity index (χ0n) is 14.5. The third-order valence-electron chi connectivity index (χ3n) is 4.05. The van der Waals surface area contributed by atoms with Gasteiger partial charge in [-0.05, 0) is 24.3 Å². The molecule has 0 radical (unpaired) electrons. The Morgan fingerprint density at radius 3 is 2.12 bits per heavy atom. The van der Waals surface area contributed by atoms with Crippen molar-refractivity contribution in [2.45, 2.75) is 6.54 Å². The van der Waals surface area contributed by atoms with Crippen LogP contribution in [-0.2, 0) is 6.54 Å². The van der Waals surface area contributed by atoms with Crippen LogP contribution in [0.4, 0.5) is 5.95 Å². The highest BCUT2D eigenvalue weighted by molar-refractivity contribution is 5.68. The highest BCUT2D eigenvalue weighted by Crippen LogP contribution is 2.32. The molecule has 3 rings (SSSR count). The van der Waals surface area contributed by atoms with E-state index in [2.05, 4.69) is 4.98 Å². The molecule has 1 heterocycles. The van der Waals surface area contributed by atoms with Gasteiger partial charge in [0, 0.05) is 11.8 Å². The van der Waals surface area contributed by atoms with Gasteiger partial charge in [-0.15, -0.1) is 0 Å². The Balaban J connectivity index is 2.00. The maximum Gasteiger partial charge on any atom is 0.201 e. The standard InChI is InChI=1S/C19H21N3O3/c1-23-16-8-5-4-7-13(16)15-12-22(19(20)21-15)11-14-17(24-2)9-6-10-18(14)25-3/h4-10,12H,11H2,1-3H3,(H2,20,21). The summed E-state index contributed by atoms with van der Waals surface area (Å²) in [6.45, 7) is 0.487. The van der Waals surface area contributed by atoms with Gasteiger partial charge in [-0.25, -0.2) is 4.98 Å². The molecule has 0 saturated carbocycles. The molecule has 0 unspecified atom stereocenters. The quantitative estimate of drug-likeness (QED) is 0.747. The summed E-state index contributed by atoms with van der Waals surface area (Å²) in [5.41, 5.74) is 8.68. The third kappa shape index (κ3) is 3.24. The van der Waals surface area contributed by atoms with Gasteiger partial charge in [0.25, 0.3) is 0 Å². The van der Waals surface area contributed by atoms with Gasteiger partial charge in [0.15, 0.2) is 0 Å². The Morgan fingerprint density at radius 2 is 1.48 bits per heavy atom. The molecule has 0 amide bonds. The van der Waals surface area contributed by atoms with Crippen molar-refractivity contribution in [3.63, 3.8) is 0 Å². The third-order valence-corrected chi connectivity index (χ3v) is 4.05. The lowest BCUT2D eigenvalue weighted by atomic mass is 10.1. The van der Waals surface area contributed by atoms with E-state index in [9.17, 15) is 0 Å². The van der Waals surface area contributed by atoms with E-state index < -0.39 is 0 Å². The Hall–Kier alpha value is -3.15. The maximum atomic E-state index is 6.13. The number of hydrogen-bond donors (Lipinski definition) is 1. The van der Waals surface area contributed by atoms with E-state index in [-0.39, 0.29) is 0 Å². The van der Waals surface area contributed by atoms with E-state index in [0.29, 0.717) is 12.5 Å². The number of ether oxygens (including phenoxy) is 3.